The third kappa shape index (κ3) is 2.03. The minimum Gasteiger partial charge on any atom is -0.454 e. The van der Waals surface area contributed by atoms with E-state index in [4.69, 9.17) is 9.47 Å². The van der Waals surface area contributed by atoms with E-state index in [-0.39, 0.29) is 12.4 Å². The molecular weight excluding hydrogens is 268 g/mol. The fourth-order valence-corrected chi connectivity index (χ4v) is 2.50. The fraction of sp³-hybridized carbons (Fsp3) is 0.125. The molecule has 0 saturated heterocycles. The number of rotatable bonds is 2. The summed E-state index contributed by atoms with van der Waals surface area (Å²) in [5.41, 5.74) is 2.49. The lowest BCUT2D eigenvalue weighted by Crippen LogP contribution is -2.21. The van der Waals surface area contributed by atoms with E-state index in [0.29, 0.717) is 6.54 Å². The highest BCUT2D eigenvalue weighted by molar-refractivity contribution is 5.74. The van der Waals surface area contributed by atoms with Gasteiger partial charge in [0.25, 0.3) is 5.56 Å². The van der Waals surface area contributed by atoms with Gasteiger partial charge in [0.05, 0.1) is 23.8 Å². The van der Waals surface area contributed by atoms with Gasteiger partial charge in [0.1, 0.15) is 0 Å². The van der Waals surface area contributed by atoms with Gasteiger partial charge in [-0.2, -0.15) is 0 Å². The number of para-hydroxylation sites is 2. The van der Waals surface area contributed by atoms with Crippen LogP contribution in [-0.2, 0) is 6.54 Å². The minimum absolute atomic E-state index is 0.119. The van der Waals surface area contributed by atoms with Gasteiger partial charge in [-0.15, -0.1) is 0 Å². The molecule has 1 aliphatic rings. The van der Waals surface area contributed by atoms with Gasteiger partial charge in [0.2, 0.25) is 6.79 Å². The first-order valence-electron chi connectivity index (χ1n) is 6.64. The van der Waals surface area contributed by atoms with E-state index in [1.54, 1.807) is 4.57 Å². The van der Waals surface area contributed by atoms with Crippen molar-refractivity contribution in [3.05, 3.63) is 64.6 Å². The van der Waals surface area contributed by atoms with Crippen LogP contribution in [0.2, 0.25) is 0 Å². The quantitative estimate of drug-likeness (QED) is 0.722. The summed E-state index contributed by atoms with van der Waals surface area (Å²) in [4.78, 5) is 16.3. The van der Waals surface area contributed by atoms with Crippen LogP contribution in [0.5, 0.6) is 11.5 Å². The van der Waals surface area contributed by atoms with E-state index in [0.717, 1.165) is 28.1 Å². The van der Waals surface area contributed by atoms with Crippen LogP contribution in [0, 0.1) is 0 Å². The molecule has 1 aromatic heterocycles. The molecule has 2 heterocycles. The third-order valence-corrected chi connectivity index (χ3v) is 3.53. The van der Waals surface area contributed by atoms with Crippen molar-refractivity contribution in [1.82, 2.24) is 9.55 Å². The second kappa shape index (κ2) is 4.63. The predicted molar refractivity (Wildman–Crippen MR) is 77.7 cm³/mol. The molecular formula is C16H12N2O3. The molecule has 5 heteroatoms. The number of nitrogens with zero attached hydrogens (tertiary/aromatic N) is 2. The molecule has 4 rings (SSSR count). The Morgan fingerprint density at radius 1 is 1.10 bits per heavy atom. The van der Waals surface area contributed by atoms with Crippen molar-refractivity contribution in [3.8, 4) is 11.5 Å². The summed E-state index contributed by atoms with van der Waals surface area (Å²) >= 11 is 0. The standard InChI is InChI=1S/C16H12N2O3/c19-16-8-17-12-3-1-2-4-13(12)18(16)9-11-5-6-14-15(7-11)21-10-20-14/h1-8H,9-10H2. The van der Waals surface area contributed by atoms with Crippen LogP contribution in [0.4, 0.5) is 0 Å². The Bertz CT molecular complexity index is 886. The van der Waals surface area contributed by atoms with Crippen molar-refractivity contribution in [2.45, 2.75) is 6.54 Å². The molecule has 0 unspecified atom stereocenters. The SMILES string of the molecule is O=c1cnc2ccccc2n1Cc1ccc2c(c1)OCO2. The van der Waals surface area contributed by atoms with E-state index in [2.05, 4.69) is 4.98 Å². The minimum atomic E-state index is -0.119. The van der Waals surface area contributed by atoms with Crippen LogP contribution in [0.15, 0.2) is 53.5 Å². The molecule has 5 nitrogen and oxygen atoms in total. The van der Waals surface area contributed by atoms with Crippen LogP contribution in [0.25, 0.3) is 11.0 Å². The van der Waals surface area contributed by atoms with Crippen molar-refractivity contribution in [2.24, 2.45) is 0 Å². The number of fused-ring (bicyclic) bond motifs is 2. The lowest BCUT2D eigenvalue weighted by Gasteiger charge is -2.10. The highest BCUT2D eigenvalue weighted by atomic mass is 16.7. The van der Waals surface area contributed by atoms with Crippen LogP contribution < -0.4 is 15.0 Å². The molecule has 2 aromatic carbocycles. The zero-order valence-electron chi connectivity index (χ0n) is 11.2. The highest BCUT2D eigenvalue weighted by Gasteiger charge is 2.14. The molecule has 104 valence electrons. The fourth-order valence-electron chi connectivity index (χ4n) is 2.50. The summed E-state index contributed by atoms with van der Waals surface area (Å²) in [6.45, 7) is 0.718. The average Bonchev–Trinajstić information content (AvgIpc) is 2.98. The summed E-state index contributed by atoms with van der Waals surface area (Å²) in [5.74, 6) is 1.46. The average molecular weight is 280 g/mol. The summed E-state index contributed by atoms with van der Waals surface area (Å²) in [5, 5.41) is 0. The third-order valence-electron chi connectivity index (χ3n) is 3.53. The molecule has 0 fully saturated rings. The zero-order chi connectivity index (χ0) is 14.2. The van der Waals surface area contributed by atoms with E-state index in [9.17, 15) is 4.79 Å². The number of ether oxygens (including phenoxy) is 2. The predicted octanol–water partition coefficient (Wildman–Crippen LogP) is 2.17. The maximum absolute atomic E-state index is 12.1. The monoisotopic (exact) mass is 280 g/mol. The van der Waals surface area contributed by atoms with Gasteiger partial charge in [-0.05, 0) is 29.8 Å². The van der Waals surface area contributed by atoms with Crippen LogP contribution in [-0.4, -0.2) is 16.3 Å². The largest absolute Gasteiger partial charge is 0.454 e. The van der Waals surface area contributed by atoms with Crippen LogP contribution in [0.3, 0.4) is 0 Å². The highest BCUT2D eigenvalue weighted by Crippen LogP contribution is 2.32. The summed E-state index contributed by atoms with van der Waals surface area (Å²) in [6.07, 6.45) is 1.36. The Kier molecular flexibility index (Phi) is 2.64. The van der Waals surface area contributed by atoms with Crippen LogP contribution >= 0.6 is 0 Å². The lowest BCUT2D eigenvalue weighted by atomic mass is 10.2. The van der Waals surface area contributed by atoms with Crippen LogP contribution in [0.1, 0.15) is 5.56 Å². The molecule has 0 atom stereocenters. The summed E-state index contributed by atoms with van der Waals surface area (Å²) < 4.78 is 12.4. The topological polar surface area (TPSA) is 53.4 Å². The van der Waals surface area contributed by atoms with Gasteiger partial charge in [0, 0.05) is 0 Å². The maximum atomic E-state index is 12.1. The number of hydrogen-bond acceptors (Lipinski definition) is 4. The van der Waals surface area contributed by atoms with Crippen molar-refractivity contribution in [3.63, 3.8) is 0 Å². The van der Waals surface area contributed by atoms with Gasteiger partial charge in [-0.25, -0.2) is 4.98 Å². The number of hydrogen-bond donors (Lipinski definition) is 0. The Balaban J connectivity index is 1.81. The summed E-state index contributed by atoms with van der Waals surface area (Å²) in [6, 6.07) is 13.3. The first-order valence-corrected chi connectivity index (χ1v) is 6.64. The van der Waals surface area contributed by atoms with Crippen molar-refractivity contribution >= 4 is 11.0 Å². The van der Waals surface area contributed by atoms with E-state index in [1.807, 2.05) is 42.5 Å². The van der Waals surface area contributed by atoms with E-state index in [1.165, 1.54) is 6.20 Å². The first kappa shape index (κ1) is 12.0. The van der Waals surface area contributed by atoms with E-state index < -0.39 is 0 Å². The zero-order valence-corrected chi connectivity index (χ0v) is 11.2. The Hall–Kier alpha value is -2.82. The van der Waals surface area contributed by atoms with Gasteiger partial charge >= 0.3 is 0 Å². The molecule has 1 aliphatic heterocycles. The summed E-state index contributed by atoms with van der Waals surface area (Å²) in [7, 11) is 0. The Labute approximate surface area is 120 Å². The lowest BCUT2D eigenvalue weighted by molar-refractivity contribution is 0.174. The number of benzene rings is 2. The molecule has 0 radical (unpaired) electrons. The van der Waals surface area contributed by atoms with Crippen molar-refractivity contribution in [1.29, 1.82) is 0 Å². The Morgan fingerprint density at radius 3 is 2.90 bits per heavy atom. The molecule has 0 amide bonds. The second-order valence-corrected chi connectivity index (χ2v) is 4.86. The van der Waals surface area contributed by atoms with Gasteiger partial charge in [0.15, 0.2) is 11.5 Å². The molecule has 3 aromatic rings. The van der Waals surface area contributed by atoms with Gasteiger partial charge in [-0.3, -0.25) is 4.79 Å². The molecule has 21 heavy (non-hydrogen) atoms. The first-order chi connectivity index (χ1) is 10.3. The molecule has 0 N–H and O–H groups in total. The smallest absolute Gasteiger partial charge is 0.269 e. The second-order valence-electron chi connectivity index (χ2n) is 4.86. The number of aromatic nitrogens is 2. The van der Waals surface area contributed by atoms with Crippen molar-refractivity contribution in [2.75, 3.05) is 6.79 Å². The van der Waals surface area contributed by atoms with Gasteiger partial charge in [-0.1, -0.05) is 18.2 Å². The Morgan fingerprint density at radius 2 is 1.95 bits per heavy atom. The van der Waals surface area contributed by atoms with E-state index >= 15 is 0 Å². The normalized spacial score (nSPS) is 12.8. The molecule has 0 spiro atoms. The molecule has 0 bridgehead atoms. The molecule has 0 aliphatic carbocycles. The van der Waals surface area contributed by atoms with Crippen molar-refractivity contribution < 1.29 is 9.47 Å². The van der Waals surface area contributed by atoms with Gasteiger partial charge < -0.3 is 14.0 Å². The maximum Gasteiger partial charge on any atom is 0.269 e. The molecule has 0 saturated carbocycles.